The van der Waals surface area contributed by atoms with E-state index < -0.39 is 0 Å². The van der Waals surface area contributed by atoms with E-state index in [1.807, 2.05) is 0 Å². The summed E-state index contributed by atoms with van der Waals surface area (Å²) in [5, 5.41) is 0. The van der Waals surface area contributed by atoms with Crippen molar-refractivity contribution in [2.75, 3.05) is 18.0 Å². The van der Waals surface area contributed by atoms with Crippen molar-refractivity contribution in [3.05, 3.63) is 20.8 Å². The lowest BCUT2D eigenvalue weighted by atomic mass is 10.3. The first kappa shape index (κ1) is 14.3. The number of rotatable bonds is 5. The molecule has 0 atom stereocenters. The Labute approximate surface area is 139 Å². The van der Waals surface area contributed by atoms with Gasteiger partial charge in [-0.2, -0.15) is 4.98 Å². The third-order valence-corrected chi connectivity index (χ3v) is 5.53. The molecule has 3 heterocycles. The molecular weight excluding hydrogens is 306 g/mol. The van der Waals surface area contributed by atoms with Gasteiger partial charge in [0.2, 0.25) is 5.95 Å². The second-order valence-corrected chi connectivity index (χ2v) is 7.65. The molecule has 2 aromatic heterocycles. The smallest absolute Gasteiger partial charge is 0.332 e. The zero-order valence-electron chi connectivity index (χ0n) is 13.8. The summed E-state index contributed by atoms with van der Waals surface area (Å²) in [7, 11) is 0. The number of imidazole rings is 1. The lowest BCUT2D eigenvalue weighted by Gasteiger charge is -2.12. The van der Waals surface area contributed by atoms with Crippen LogP contribution in [0.25, 0.3) is 11.2 Å². The van der Waals surface area contributed by atoms with Gasteiger partial charge < -0.3 is 9.88 Å². The van der Waals surface area contributed by atoms with Gasteiger partial charge in [-0.25, -0.2) is 4.79 Å². The molecule has 3 fully saturated rings. The Morgan fingerprint density at radius 3 is 2.21 bits per heavy atom. The molecule has 24 heavy (non-hydrogen) atoms. The minimum absolute atomic E-state index is 0.175. The summed E-state index contributed by atoms with van der Waals surface area (Å²) in [5.41, 5.74) is 0.668. The van der Waals surface area contributed by atoms with Crippen LogP contribution in [0.2, 0.25) is 0 Å². The lowest BCUT2D eigenvalue weighted by Crippen LogP contribution is -2.41. The molecule has 2 aromatic rings. The highest BCUT2D eigenvalue weighted by Crippen LogP contribution is 2.32. The number of hydrogen-bond donors (Lipinski definition) is 1. The monoisotopic (exact) mass is 329 g/mol. The van der Waals surface area contributed by atoms with Crippen molar-refractivity contribution in [1.29, 1.82) is 0 Å². The van der Waals surface area contributed by atoms with E-state index in [1.165, 1.54) is 17.4 Å². The first-order valence-electron chi connectivity index (χ1n) is 9.19. The van der Waals surface area contributed by atoms with Gasteiger partial charge in [-0.3, -0.25) is 13.9 Å². The third-order valence-electron chi connectivity index (χ3n) is 5.53. The number of fused-ring (bicyclic) bond motifs is 1. The molecule has 0 spiro atoms. The molecule has 5 rings (SSSR count). The van der Waals surface area contributed by atoms with Crippen LogP contribution in [0.5, 0.6) is 0 Å². The van der Waals surface area contributed by atoms with Gasteiger partial charge >= 0.3 is 5.69 Å². The van der Waals surface area contributed by atoms with Crippen molar-refractivity contribution in [2.45, 2.75) is 51.6 Å². The molecule has 128 valence electrons. The summed E-state index contributed by atoms with van der Waals surface area (Å²) < 4.78 is 3.18. The van der Waals surface area contributed by atoms with Crippen LogP contribution in [-0.2, 0) is 13.1 Å². The summed E-state index contributed by atoms with van der Waals surface area (Å²) >= 11 is 0. The molecule has 2 saturated carbocycles. The van der Waals surface area contributed by atoms with Gasteiger partial charge in [-0.15, -0.1) is 0 Å². The van der Waals surface area contributed by atoms with E-state index in [1.54, 1.807) is 4.57 Å². The Bertz CT molecular complexity index is 894. The van der Waals surface area contributed by atoms with E-state index in [0.29, 0.717) is 36.1 Å². The number of hydrogen-bond acceptors (Lipinski definition) is 4. The topological polar surface area (TPSA) is 75.9 Å². The molecule has 1 saturated heterocycles. The fraction of sp³-hybridized carbons (Fsp3) is 0.706. The molecule has 1 N–H and O–H groups in total. The molecular formula is C17H23N5O2. The van der Waals surface area contributed by atoms with Crippen LogP contribution >= 0.6 is 0 Å². The average Bonchev–Trinajstić information content (AvgIpc) is 3.47. The van der Waals surface area contributed by atoms with Crippen LogP contribution < -0.4 is 16.1 Å². The van der Waals surface area contributed by atoms with Crippen LogP contribution in [0.1, 0.15) is 38.5 Å². The molecule has 7 nitrogen and oxygen atoms in total. The fourth-order valence-electron chi connectivity index (χ4n) is 3.68. The van der Waals surface area contributed by atoms with Crippen molar-refractivity contribution in [2.24, 2.45) is 11.8 Å². The van der Waals surface area contributed by atoms with E-state index in [9.17, 15) is 9.59 Å². The second kappa shape index (κ2) is 5.22. The van der Waals surface area contributed by atoms with Gasteiger partial charge in [0.05, 0.1) is 0 Å². The average molecular weight is 329 g/mol. The summed E-state index contributed by atoms with van der Waals surface area (Å²) in [6.45, 7) is 3.16. The molecule has 0 amide bonds. The van der Waals surface area contributed by atoms with Gasteiger partial charge in [0.1, 0.15) is 0 Å². The van der Waals surface area contributed by atoms with Crippen molar-refractivity contribution >= 4 is 17.1 Å². The van der Waals surface area contributed by atoms with Crippen molar-refractivity contribution < 1.29 is 0 Å². The Kier molecular flexibility index (Phi) is 3.11. The molecule has 0 radical (unpaired) electrons. The summed E-state index contributed by atoms with van der Waals surface area (Å²) in [5.74, 6) is 1.79. The van der Waals surface area contributed by atoms with Gasteiger partial charge in [-0.1, -0.05) is 0 Å². The number of anilines is 1. The summed E-state index contributed by atoms with van der Waals surface area (Å²) in [6, 6.07) is 0. The highest BCUT2D eigenvalue weighted by Gasteiger charge is 2.29. The van der Waals surface area contributed by atoms with Crippen molar-refractivity contribution in [3.8, 4) is 0 Å². The largest absolute Gasteiger partial charge is 0.342 e. The van der Waals surface area contributed by atoms with Gasteiger partial charge in [-0.05, 0) is 50.4 Å². The molecule has 0 bridgehead atoms. The predicted octanol–water partition coefficient (Wildman–Crippen LogP) is 1.31. The Hall–Kier alpha value is -2.05. The van der Waals surface area contributed by atoms with Crippen molar-refractivity contribution in [1.82, 2.24) is 19.1 Å². The summed E-state index contributed by atoms with van der Waals surface area (Å²) in [4.78, 5) is 35.8. The Morgan fingerprint density at radius 1 is 0.958 bits per heavy atom. The maximum atomic E-state index is 12.9. The Balaban J connectivity index is 1.68. The molecule has 3 aliphatic rings. The molecule has 2 aliphatic carbocycles. The van der Waals surface area contributed by atoms with Crippen LogP contribution in [0.3, 0.4) is 0 Å². The molecule has 1 aliphatic heterocycles. The van der Waals surface area contributed by atoms with E-state index in [-0.39, 0.29) is 11.2 Å². The standard InChI is InChI=1S/C17H23N5O2/c23-15-13-14(19-16(18-13)20-7-1-2-8-20)21(9-11-3-4-11)17(24)22(15)10-12-5-6-12/h11-12H,1-10H2,(H,18,19). The number of aromatic amines is 1. The highest BCUT2D eigenvalue weighted by atomic mass is 16.2. The van der Waals surface area contributed by atoms with Crippen LogP contribution in [-0.4, -0.2) is 32.2 Å². The number of nitrogens with zero attached hydrogens (tertiary/aromatic N) is 4. The third kappa shape index (κ3) is 2.37. The van der Waals surface area contributed by atoms with E-state index >= 15 is 0 Å². The fourth-order valence-corrected chi connectivity index (χ4v) is 3.68. The maximum absolute atomic E-state index is 12.9. The van der Waals surface area contributed by atoms with E-state index in [4.69, 9.17) is 0 Å². The van der Waals surface area contributed by atoms with Crippen molar-refractivity contribution in [3.63, 3.8) is 0 Å². The minimum Gasteiger partial charge on any atom is -0.342 e. The lowest BCUT2D eigenvalue weighted by molar-refractivity contribution is 0.520. The van der Waals surface area contributed by atoms with Gasteiger partial charge in [0.15, 0.2) is 11.2 Å². The van der Waals surface area contributed by atoms with Crippen LogP contribution in [0.15, 0.2) is 9.59 Å². The highest BCUT2D eigenvalue weighted by molar-refractivity contribution is 5.73. The predicted molar refractivity (Wildman–Crippen MR) is 91.5 cm³/mol. The first-order chi connectivity index (χ1) is 11.7. The minimum atomic E-state index is -0.202. The molecule has 0 aromatic carbocycles. The zero-order chi connectivity index (χ0) is 16.3. The zero-order valence-corrected chi connectivity index (χ0v) is 13.8. The van der Waals surface area contributed by atoms with E-state index in [2.05, 4.69) is 14.9 Å². The molecule has 0 unspecified atom stereocenters. The number of nitrogens with one attached hydrogen (secondary N) is 1. The van der Waals surface area contributed by atoms with E-state index in [0.717, 1.165) is 44.7 Å². The summed E-state index contributed by atoms with van der Waals surface area (Å²) in [6.07, 6.45) is 6.87. The van der Waals surface area contributed by atoms with Crippen LogP contribution in [0.4, 0.5) is 5.95 Å². The quantitative estimate of drug-likeness (QED) is 0.897. The van der Waals surface area contributed by atoms with Crippen LogP contribution in [0, 0.1) is 11.8 Å². The second-order valence-electron chi connectivity index (χ2n) is 7.65. The number of H-pyrrole nitrogens is 1. The Morgan fingerprint density at radius 2 is 1.58 bits per heavy atom. The SMILES string of the molecule is O=c1c2[nH]c(N3CCCC3)nc2n(CC2CC2)c(=O)n1CC1CC1. The normalized spacial score (nSPS) is 21.1. The maximum Gasteiger partial charge on any atom is 0.332 e. The van der Waals surface area contributed by atoms with Gasteiger partial charge in [0, 0.05) is 26.2 Å². The number of aromatic nitrogens is 4. The molecule has 7 heteroatoms. The first-order valence-corrected chi connectivity index (χ1v) is 9.19. The van der Waals surface area contributed by atoms with Gasteiger partial charge in [0.25, 0.3) is 5.56 Å².